The van der Waals surface area contributed by atoms with Gasteiger partial charge in [-0.3, -0.25) is 14.6 Å². The zero-order chi connectivity index (χ0) is 32.8. The Labute approximate surface area is 256 Å². The van der Waals surface area contributed by atoms with Crippen LogP contribution in [0.5, 0.6) is 0 Å². The first-order valence-electron chi connectivity index (χ1n) is 13.3. The molecule has 1 saturated heterocycles. The average molecular weight is 633 g/mol. The van der Waals surface area contributed by atoms with E-state index in [1.54, 1.807) is 24.8 Å². The zero-order valence-electron chi connectivity index (χ0n) is 23.8. The molecule has 0 aromatic heterocycles. The van der Waals surface area contributed by atoms with Crippen LogP contribution in [-0.4, -0.2) is 104 Å². The van der Waals surface area contributed by atoms with Crippen LogP contribution in [0.1, 0.15) is 34.5 Å². The van der Waals surface area contributed by atoms with Crippen molar-refractivity contribution in [1.82, 2.24) is 9.80 Å². The van der Waals surface area contributed by atoms with E-state index in [1.807, 2.05) is 24.3 Å². The number of carbonyl (C=O) groups is 5. The molecule has 2 aromatic carbocycles. The standard InChI is InChI=1S/C22H25FN2O2S.2C4H4O4/c1-15(27)16-3-5-21-19(12-16)20(25-8-6-24(7-9-25)10-11-26)13-17-2-4-18(23)14-22(17)28-21;2*5-3(6)1-2-4(7)8/h2-5,12,14,20,26H,6-11,13H2,1H3;2*1-2H,(H,5,6)(H,7,8)/b;2*2-1-. The number of rotatable bonds is 8. The van der Waals surface area contributed by atoms with Crippen LogP contribution in [0.25, 0.3) is 0 Å². The molecule has 4 rings (SSSR count). The molecule has 2 aliphatic rings. The smallest absolute Gasteiger partial charge is 0.328 e. The molecule has 0 aliphatic carbocycles. The maximum atomic E-state index is 13.8. The van der Waals surface area contributed by atoms with Gasteiger partial charge in [-0.05, 0) is 48.7 Å². The molecule has 0 spiro atoms. The number of Topliss-reactive ketones (excluding diaryl/α,β-unsaturated/α-hetero) is 1. The lowest BCUT2D eigenvalue weighted by atomic mass is 9.94. The Morgan fingerprint density at radius 3 is 1.84 bits per heavy atom. The number of carbonyl (C=O) groups excluding carboxylic acids is 1. The number of nitrogens with zero attached hydrogens (tertiary/aromatic N) is 2. The van der Waals surface area contributed by atoms with Crippen LogP contribution < -0.4 is 0 Å². The van der Waals surface area contributed by atoms with Crippen LogP contribution >= 0.6 is 11.8 Å². The van der Waals surface area contributed by atoms with Gasteiger partial charge in [-0.25, -0.2) is 23.6 Å². The number of ketones is 1. The molecular formula is C30H33FN2O10S. The number of hydrogen-bond acceptors (Lipinski definition) is 9. The summed E-state index contributed by atoms with van der Waals surface area (Å²) in [6.07, 6.45) is 3.03. The Kier molecular flexibility index (Phi) is 14.4. The molecular weight excluding hydrogens is 599 g/mol. The van der Waals surface area contributed by atoms with Crippen molar-refractivity contribution in [2.75, 3.05) is 39.3 Å². The van der Waals surface area contributed by atoms with Gasteiger partial charge in [0.1, 0.15) is 5.82 Å². The first kappa shape index (κ1) is 35.8. The molecule has 0 saturated carbocycles. The van der Waals surface area contributed by atoms with Crippen LogP contribution in [0.4, 0.5) is 4.39 Å². The molecule has 2 aliphatic heterocycles. The molecule has 44 heavy (non-hydrogen) atoms. The maximum Gasteiger partial charge on any atom is 0.328 e. The number of carboxylic acids is 4. The Morgan fingerprint density at radius 1 is 0.818 bits per heavy atom. The highest BCUT2D eigenvalue weighted by molar-refractivity contribution is 7.99. The van der Waals surface area contributed by atoms with E-state index in [0.29, 0.717) is 30.8 Å². The van der Waals surface area contributed by atoms with Crippen LogP contribution in [0.15, 0.2) is 70.5 Å². The van der Waals surface area contributed by atoms with Gasteiger partial charge in [0.2, 0.25) is 0 Å². The molecule has 1 unspecified atom stereocenters. The highest BCUT2D eigenvalue weighted by Crippen LogP contribution is 2.43. The van der Waals surface area contributed by atoms with Crippen LogP contribution in [0.2, 0.25) is 0 Å². The normalized spacial score (nSPS) is 16.4. The number of aliphatic carboxylic acids is 4. The fourth-order valence-corrected chi connectivity index (χ4v) is 5.54. The highest BCUT2D eigenvalue weighted by Gasteiger charge is 2.30. The van der Waals surface area contributed by atoms with Gasteiger partial charge in [0.15, 0.2) is 5.78 Å². The van der Waals surface area contributed by atoms with Gasteiger partial charge in [0, 0.05) is 78.4 Å². The van der Waals surface area contributed by atoms with Crippen molar-refractivity contribution in [3.05, 3.63) is 83.2 Å². The van der Waals surface area contributed by atoms with Crippen molar-refractivity contribution < 1.29 is 53.9 Å². The Bertz CT molecular complexity index is 1350. The predicted octanol–water partition coefficient (Wildman–Crippen LogP) is 2.81. The average Bonchev–Trinajstić information content (AvgIpc) is 3.12. The third kappa shape index (κ3) is 12.1. The maximum absolute atomic E-state index is 13.8. The number of halogens is 1. The predicted molar refractivity (Wildman–Crippen MR) is 157 cm³/mol. The molecule has 0 amide bonds. The van der Waals surface area contributed by atoms with E-state index in [0.717, 1.165) is 59.1 Å². The van der Waals surface area contributed by atoms with Gasteiger partial charge >= 0.3 is 23.9 Å². The van der Waals surface area contributed by atoms with E-state index in [-0.39, 0.29) is 24.2 Å². The van der Waals surface area contributed by atoms with Crippen LogP contribution in [0.3, 0.4) is 0 Å². The molecule has 0 bridgehead atoms. The van der Waals surface area contributed by atoms with E-state index in [9.17, 15) is 33.5 Å². The topological polar surface area (TPSA) is 193 Å². The van der Waals surface area contributed by atoms with Crippen LogP contribution in [-0.2, 0) is 25.6 Å². The van der Waals surface area contributed by atoms with Crippen LogP contribution in [0, 0.1) is 5.82 Å². The summed E-state index contributed by atoms with van der Waals surface area (Å²) < 4.78 is 13.8. The Hall–Kier alpha value is -4.37. The monoisotopic (exact) mass is 632 g/mol. The number of fused-ring (bicyclic) bond motifs is 2. The first-order valence-corrected chi connectivity index (χ1v) is 14.1. The third-order valence-corrected chi connectivity index (χ3v) is 7.63. The number of piperazine rings is 1. The van der Waals surface area contributed by atoms with E-state index in [2.05, 4.69) is 9.80 Å². The first-order chi connectivity index (χ1) is 20.8. The minimum atomic E-state index is -1.26. The number of aliphatic hydroxyl groups is 1. The summed E-state index contributed by atoms with van der Waals surface area (Å²) in [5.41, 5.74) is 3.03. The van der Waals surface area contributed by atoms with E-state index in [1.165, 1.54) is 6.07 Å². The second kappa shape index (κ2) is 17.7. The molecule has 14 heteroatoms. The summed E-state index contributed by atoms with van der Waals surface area (Å²) in [7, 11) is 0. The summed E-state index contributed by atoms with van der Waals surface area (Å²) >= 11 is 1.59. The molecule has 2 heterocycles. The summed E-state index contributed by atoms with van der Waals surface area (Å²) in [5, 5.41) is 40.4. The SMILES string of the molecule is CC(=O)c1ccc2c(c1)C(N1CCN(CCO)CC1)Cc1ccc(F)cc1S2.O=C(O)/C=C\C(=O)O.O=C(O)/C=C\C(=O)O. The lowest BCUT2D eigenvalue weighted by Gasteiger charge is -2.39. The molecule has 5 N–H and O–H groups in total. The number of aliphatic hydroxyl groups excluding tert-OH is 1. The molecule has 1 fully saturated rings. The number of carboxylic acid groups (broad SMARTS) is 4. The molecule has 12 nitrogen and oxygen atoms in total. The second-order valence-electron chi connectivity index (χ2n) is 9.50. The number of β-amino-alcohol motifs (C(OH)–C–C–N with tert-alkyl or cyclic N) is 1. The van der Waals surface area contributed by atoms with Crippen molar-refractivity contribution in [3.8, 4) is 0 Å². The van der Waals surface area contributed by atoms with Crippen molar-refractivity contribution in [2.24, 2.45) is 0 Å². The largest absolute Gasteiger partial charge is 0.478 e. The van der Waals surface area contributed by atoms with Gasteiger partial charge in [0.25, 0.3) is 0 Å². The highest BCUT2D eigenvalue weighted by atomic mass is 32.2. The van der Waals surface area contributed by atoms with E-state index < -0.39 is 23.9 Å². The lowest BCUT2D eigenvalue weighted by Crippen LogP contribution is -2.48. The fraction of sp³-hybridized carbons (Fsp3) is 0.300. The minimum absolute atomic E-state index is 0.0621. The summed E-state index contributed by atoms with van der Waals surface area (Å²) in [5.74, 6) is -5.18. The Morgan fingerprint density at radius 2 is 1.36 bits per heavy atom. The Balaban J connectivity index is 0.000000349. The van der Waals surface area contributed by atoms with Crippen molar-refractivity contribution in [2.45, 2.75) is 29.2 Å². The van der Waals surface area contributed by atoms with Crippen molar-refractivity contribution >= 4 is 41.4 Å². The number of benzene rings is 2. The zero-order valence-corrected chi connectivity index (χ0v) is 24.6. The molecule has 236 valence electrons. The minimum Gasteiger partial charge on any atom is -0.478 e. The van der Waals surface area contributed by atoms with Gasteiger partial charge < -0.3 is 25.5 Å². The molecule has 1 atom stereocenters. The van der Waals surface area contributed by atoms with Gasteiger partial charge in [-0.1, -0.05) is 23.9 Å². The van der Waals surface area contributed by atoms with Gasteiger partial charge in [-0.15, -0.1) is 0 Å². The quantitative estimate of drug-likeness (QED) is 0.211. The van der Waals surface area contributed by atoms with Gasteiger partial charge in [-0.2, -0.15) is 0 Å². The van der Waals surface area contributed by atoms with E-state index in [4.69, 9.17) is 20.4 Å². The number of hydrogen-bond donors (Lipinski definition) is 5. The summed E-state index contributed by atoms with van der Waals surface area (Å²) in [4.78, 5) is 57.0. The van der Waals surface area contributed by atoms with Crippen molar-refractivity contribution in [1.29, 1.82) is 0 Å². The molecule has 0 radical (unpaired) electrons. The molecule has 2 aromatic rings. The third-order valence-electron chi connectivity index (χ3n) is 6.44. The summed E-state index contributed by atoms with van der Waals surface area (Å²) in [6.45, 7) is 6.15. The fourth-order valence-electron chi connectivity index (χ4n) is 4.40. The summed E-state index contributed by atoms with van der Waals surface area (Å²) in [6, 6.07) is 11.1. The van der Waals surface area contributed by atoms with Crippen molar-refractivity contribution in [3.63, 3.8) is 0 Å². The second-order valence-corrected chi connectivity index (χ2v) is 10.6. The van der Waals surface area contributed by atoms with Gasteiger partial charge in [0.05, 0.1) is 6.61 Å². The van der Waals surface area contributed by atoms with E-state index >= 15 is 0 Å². The lowest BCUT2D eigenvalue weighted by molar-refractivity contribution is -0.134.